The van der Waals surface area contributed by atoms with E-state index < -0.39 is 7.14 Å². The lowest BCUT2D eigenvalue weighted by Gasteiger charge is -2.38. The second-order valence-electron chi connectivity index (χ2n) is 12.5. The molecule has 2 heterocycles. The summed E-state index contributed by atoms with van der Waals surface area (Å²) in [5.41, 5.74) is 6.15. The predicted octanol–water partition coefficient (Wildman–Crippen LogP) is 10.5. The third-order valence-electron chi connectivity index (χ3n) is 9.94. The first-order valence-electron chi connectivity index (χ1n) is 16.3. The Labute approximate surface area is 278 Å². The lowest BCUT2D eigenvalue weighted by molar-refractivity contribution is 0.592. The topological polar surface area (TPSA) is 25.2 Å². The minimum Gasteiger partial charge on any atom is -0.309 e. The molecule has 0 spiro atoms. The van der Waals surface area contributed by atoms with E-state index in [0.717, 1.165) is 65.9 Å². The lowest BCUT2D eigenvalue weighted by Crippen LogP contribution is -2.37. The number of aromatic nitrogens is 1. The molecule has 226 valence electrons. The number of rotatable bonds is 3. The molecule has 0 bridgehead atoms. The quantitative estimate of drug-likeness (QED) is 0.143. The Morgan fingerprint density at radius 1 is 0.375 bits per heavy atom. The van der Waals surface area contributed by atoms with Crippen molar-refractivity contribution in [2.75, 3.05) is 4.90 Å². The Morgan fingerprint density at radius 2 is 0.938 bits per heavy atom. The van der Waals surface area contributed by atoms with Gasteiger partial charge < -0.3 is 14.0 Å². The van der Waals surface area contributed by atoms with Crippen molar-refractivity contribution in [1.82, 2.24) is 4.57 Å². The maximum absolute atomic E-state index is 16.7. The monoisotopic (exact) mass is 632 g/mol. The molecule has 1 atom stereocenters. The highest BCUT2D eigenvalue weighted by molar-refractivity contribution is 7.86. The van der Waals surface area contributed by atoms with E-state index in [1.165, 1.54) is 16.2 Å². The van der Waals surface area contributed by atoms with Crippen molar-refractivity contribution in [3.8, 4) is 5.69 Å². The van der Waals surface area contributed by atoms with Gasteiger partial charge in [-0.3, -0.25) is 0 Å². The molecule has 0 saturated carbocycles. The molecule has 9 aromatic rings. The highest BCUT2D eigenvalue weighted by atomic mass is 31.2. The van der Waals surface area contributed by atoms with Crippen LogP contribution in [0.5, 0.6) is 0 Å². The van der Waals surface area contributed by atoms with E-state index in [9.17, 15) is 0 Å². The second kappa shape index (κ2) is 10.3. The summed E-state index contributed by atoms with van der Waals surface area (Å²) in [6.07, 6.45) is 0. The van der Waals surface area contributed by atoms with Crippen LogP contribution < -0.4 is 20.8 Å². The first-order chi connectivity index (χ1) is 23.7. The van der Waals surface area contributed by atoms with Gasteiger partial charge in [0.1, 0.15) is 0 Å². The Balaban J connectivity index is 1.35. The van der Waals surface area contributed by atoms with E-state index in [2.05, 4.69) is 173 Å². The average Bonchev–Trinajstić information content (AvgIpc) is 3.49. The molecule has 1 unspecified atom stereocenters. The van der Waals surface area contributed by atoms with Crippen LogP contribution in [0, 0.1) is 0 Å². The van der Waals surface area contributed by atoms with Crippen LogP contribution in [0.1, 0.15) is 0 Å². The zero-order valence-corrected chi connectivity index (χ0v) is 26.9. The Morgan fingerprint density at radius 3 is 1.69 bits per heavy atom. The van der Waals surface area contributed by atoms with Crippen LogP contribution in [0.4, 0.5) is 17.1 Å². The highest BCUT2D eigenvalue weighted by Gasteiger charge is 2.42. The number of fused-ring (bicyclic) bond motifs is 8. The van der Waals surface area contributed by atoms with Gasteiger partial charge in [-0.05, 0) is 82.2 Å². The summed E-state index contributed by atoms with van der Waals surface area (Å²) in [6, 6.07) is 61.4. The second-order valence-corrected chi connectivity index (χ2v) is 15.1. The van der Waals surface area contributed by atoms with E-state index in [1.54, 1.807) is 0 Å². The lowest BCUT2D eigenvalue weighted by atomic mass is 10.0. The van der Waals surface area contributed by atoms with Crippen molar-refractivity contribution in [3.63, 3.8) is 0 Å². The summed E-state index contributed by atoms with van der Waals surface area (Å²) in [5, 5.41) is 9.35. The summed E-state index contributed by atoms with van der Waals surface area (Å²) < 4.78 is 19.0. The van der Waals surface area contributed by atoms with E-state index in [4.69, 9.17) is 0 Å². The maximum Gasteiger partial charge on any atom is 0.175 e. The van der Waals surface area contributed by atoms with Gasteiger partial charge in [0.25, 0.3) is 0 Å². The average molecular weight is 633 g/mol. The molecule has 10 rings (SSSR count). The zero-order chi connectivity index (χ0) is 31.8. The normalized spacial score (nSPS) is 15.6. The summed E-state index contributed by atoms with van der Waals surface area (Å²) in [5.74, 6) is 0. The molecule has 1 aliphatic rings. The van der Waals surface area contributed by atoms with Crippen molar-refractivity contribution in [1.29, 1.82) is 0 Å². The van der Waals surface area contributed by atoms with E-state index >= 15 is 4.57 Å². The first kappa shape index (κ1) is 27.2. The highest BCUT2D eigenvalue weighted by Crippen LogP contribution is 2.55. The zero-order valence-electron chi connectivity index (χ0n) is 26.0. The molecule has 1 aromatic heterocycles. The van der Waals surface area contributed by atoms with E-state index in [-0.39, 0.29) is 0 Å². The van der Waals surface area contributed by atoms with E-state index in [0.29, 0.717) is 0 Å². The molecular formula is C44H29N2OP. The minimum atomic E-state index is -3.46. The maximum atomic E-state index is 16.7. The van der Waals surface area contributed by atoms with Crippen molar-refractivity contribution < 1.29 is 4.57 Å². The van der Waals surface area contributed by atoms with Crippen LogP contribution >= 0.6 is 7.14 Å². The summed E-state index contributed by atoms with van der Waals surface area (Å²) in [6.45, 7) is 0. The van der Waals surface area contributed by atoms with Crippen molar-refractivity contribution in [2.45, 2.75) is 0 Å². The molecule has 8 aromatic carbocycles. The molecular weight excluding hydrogens is 603 g/mol. The smallest absolute Gasteiger partial charge is 0.175 e. The number of nitrogens with zero attached hydrogens (tertiary/aromatic N) is 2. The first-order valence-corrected chi connectivity index (χ1v) is 18.0. The van der Waals surface area contributed by atoms with Crippen molar-refractivity contribution in [2.24, 2.45) is 0 Å². The van der Waals surface area contributed by atoms with Crippen molar-refractivity contribution in [3.05, 3.63) is 176 Å². The van der Waals surface area contributed by atoms with Gasteiger partial charge >= 0.3 is 0 Å². The number of para-hydroxylation sites is 4. The van der Waals surface area contributed by atoms with E-state index in [1.807, 2.05) is 12.1 Å². The fourth-order valence-corrected chi connectivity index (χ4v) is 11.1. The van der Waals surface area contributed by atoms with Gasteiger partial charge in [0.2, 0.25) is 0 Å². The van der Waals surface area contributed by atoms with Crippen LogP contribution in [-0.4, -0.2) is 4.57 Å². The molecule has 4 heteroatoms. The van der Waals surface area contributed by atoms with Crippen molar-refractivity contribution >= 4 is 83.5 Å². The molecule has 0 radical (unpaired) electrons. The Bertz CT molecular complexity index is 2730. The van der Waals surface area contributed by atoms with Gasteiger partial charge in [-0.15, -0.1) is 0 Å². The van der Waals surface area contributed by atoms with Crippen LogP contribution in [0.15, 0.2) is 176 Å². The minimum absolute atomic E-state index is 0.838. The molecule has 0 fully saturated rings. The summed E-state index contributed by atoms with van der Waals surface area (Å²) in [4.78, 5) is 2.28. The van der Waals surface area contributed by atoms with Gasteiger partial charge in [0.15, 0.2) is 7.14 Å². The van der Waals surface area contributed by atoms with Gasteiger partial charge in [-0.2, -0.15) is 0 Å². The Hall–Kier alpha value is -5.89. The SMILES string of the molecule is O=P1(c2cc3ccccc3c3ccccc23)c2ccccc2N(c2ccccc2)c2ccc(-n3c4ccccc4c4ccccc43)cc21. The number of hydrogen-bond acceptors (Lipinski definition) is 2. The number of benzene rings is 8. The largest absolute Gasteiger partial charge is 0.309 e. The molecule has 1 aliphatic heterocycles. The standard InChI is InChI=1S/C44H29N2OP/c47-48(43-28-30-14-4-5-17-33(30)34-18-6-7-21-37(34)43)42-25-13-12-24-40(42)45(31-15-2-1-3-16-31)41-27-26-32(29-44(41)48)46-38-22-10-8-19-35(38)36-20-9-11-23-39(36)46/h1-29H. The molecule has 0 N–H and O–H groups in total. The number of hydrogen-bond donors (Lipinski definition) is 0. The fourth-order valence-electron chi connectivity index (χ4n) is 7.88. The third kappa shape index (κ3) is 3.74. The molecule has 3 nitrogen and oxygen atoms in total. The molecule has 48 heavy (non-hydrogen) atoms. The molecule has 0 amide bonds. The molecule has 0 saturated heterocycles. The van der Waals surface area contributed by atoms with Crippen LogP contribution in [0.3, 0.4) is 0 Å². The summed E-state index contributed by atoms with van der Waals surface area (Å²) in [7, 11) is -3.46. The van der Waals surface area contributed by atoms with Crippen LogP contribution in [0.25, 0.3) is 49.0 Å². The number of anilines is 3. The van der Waals surface area contributed by atoms with Gasteiger partial charge in [-0.1, -0.05) is 115 Å². The fraction of sp³-hybridized carbons (Fsp3) is 0. The van der Waals surface area contributed by atoms with Gasteiger partial charge in [0, 0.05) is 38.1 Å². The Kier molecular flexibility index (Phi) is 5.85. The summed E-state index contributed by atoms with van der Waals surface area (Å²) >= 11 is 0. The van der Waals surface area contributed by atoms with Crippen LogP contribution in [0.2, 0.25) is 0 Å². The van der Waals surface area contributed by atoms with Gasteiger partial charge in [-0.25, -0.2) is 0 Å². The third-order valence-corrected chi connectivity index (χ3v) is 13.1. The van der Waals surface area contributed by atoms with Gasteiger partial charge in [0.05, 0.1) is 22.4 Å². The predicted molar refractivity (Wildman–Crippen MR) is 203 cm³/mol. The molecule has 0 aliphatic carbocycles. The van der Waals surface area contributed by atoms with Crippen LogP contribution in [-0.2, 0) is 4.57 Å².